The third-order valence-electron chi connectivity index (χ3n) is 4.86. The Morgan fingerprint density at radius 1 is 1.21 bits per heavy atom. The molecule has 0 unspecified atom stereocenters. The number of aromatic nitrogens is 1. The number of hydrogen-bond acceptors (Lipinski definition) is 8. The van der Waals surface area contributed by atoms with Crippen LogP contribution in [-0.2, 0) is 16.1 Å². The van der Waals surface area contributed by atoms with Crippen molar-refractivity contribution in [3.05, 3.63) is 58.3 Å². The van der Waals surface area contributed by atoms with E-state index in [1.165, 1.54) is 16.3 Å². The van der Waals surface area contributed by atoms with Crippen molar-refractivity contribution in [2.75, 3.05) is 4.90 Å². The summed E-state index contributed by atoms with van der Waals surface area (Å²) in [6, 6.07) is 8.79. The predicted octanol–water partition coefficient (Wildman–Crippen LogP) is 3.86. The van der Waals surface area contributed by atoms with Crippen LogP contribution in [0, 0.1) is 6.92 Å². The highest BCUT2D eigenvalue weighted by Crippen LogP contribution is 2.34. The number of benzene rings is 1. The van der Waals surface area contributed by atoms with E-state index in [1.807, 2.05) is 24.4 Å². The summed E-state index contributed by atoms with van der Waals surface area (Å²) in [6.07, 6.45) is 0. The van der Waals surface area contributed by atoms with Crippen molar-refractivity contribution in [1.82, 2.24) is 9.99 Å². The zero-order valence-electron chi connectivity index (χ0n) is 15.2. The molecule has 0 spiro atoms. The SMILES string of the molecule is Cc1oc(-c2cccs2)nc1CN1N=N[C@H]2C(=O)N(c3cccc(Cl)c3)C(=O)[C@@H]21. The standard InChI is InChI=1S/C19H14ClN5O3S/c1-10-13(21-17(28-10)14-6-3-7-29-14)9-24-16-15(22-23-24)18(26)25(19(16)27)12-5-2-4-11(20)8-12/h2-8,15-16H,9H2,1H3/t15-,16-/m1/s1. The summed E-state index contributed by atoms with van der Waals surface area (Å²) in [4.78, 5) is 32.4. The van der Waals surface area contributed by atoms with Crippen molar-refractivity contribution in [3.63, 3.8) is 0 Å². The minimum Gasteiger partial charge on any atom is -0.440 e. The lowest BCUT2D eigenvalue weighted by atomic mass is 10.1. The van der Waals surface area contributed by atoms with E-state index in [0.717, 1.165) is 9.78 Å². The van der Waals surface area contributed by atoms with Gasteiger partial charge in [-0.15, -0.1) is 11.3 Å². The Labute approximate surface area is 174 Å². The number of oxazole rings is 1. The average Bonchev–Trinajstić information content (AvgIpc) is 3.45. The first kappa shape index (κ1) is 18.0. The number of nitrogens with zero attached hydrogens (tertiary/aromatic N) is 5. The van der Waals surface area contributed by atoms with Crippen molar-refractivity contribution >= 4 is 40.4 Å². The first-order valence-corrected chi connectivity index (χ1v) is 10.1. The molecular formula is C19H14ClN5O3S. The molecule has 8 nitrogen and oxygen atoms in total. The van der Waals surface area contributed by atoms with Crippen LogP contribution in [0.4, 0.5) is 5.69 Å². The summed E-state index contributed by atoms with van der Waals surface area (Å²) in [5, 5.41) is 12.0. The third-order valence-corrected chi connectivity index (χ3v) is 5.95. The van der Waals surface area contributed by atoms with Crippen molar-refractivity contribution in [2.45, 2.75) is 25.6 Å². The number of anilines is 1. The van der Waals surface area contributed by atoms with Gasteiger partial charge in [-0.1, -0.05) is 29.0 Å². The average molecular weight is 428 g/mol. The number of hydrogen-bond donors (Lipinski definition) is 0. The third kappa shape index (κ3) is 2.93. The van der Waals surface area contributed by atoms with Crippen LogP contribution >= 0.6 is 22.9 Å². The van der Waals surface area contributed by atoms with E-state index in [2.05, 4.69) is 15.3 Å². The fraction of sp³-hybridized carbons (Fsp3) is 0.211. The van der Waals surface area contributed by atoms with Gasteiger partial charge in [-0.05, 0) is 36.6 Å². The van der Waals surface area contributed by atoms with Gasteiger partial charge in [0.25, 0.3) is 11.8 Å². The Morgan fingerprint density at radius 3 is 2.83 bits per heavy atom. The zero-order chi connectivity index (χ0) is 20.1. The maximum absolute atomic E-state index is 13.0. The molecule has 1 saturated heterocycles. The van der Waals surface area contributed by atoms with E-state index in [-0.39, 0.29) is 12.5 Å². The molecule has 2 aliphatic heterocycles. The molecule has 4 heterocycles. The van der Waals surface area contributed by atoms with Crippen LogP contribution in [0.1, 0.15) is 11.5 Å². The topological polar surface area (TPSA) is 91.4 Å². The van der Waals surface area contributed by atoms with Crippen LogP contribution < -0.4 is 4.90 Å². The lowest BCUT2D eigenvalue weighted by molar-refractivity contribution is -0.123. The first-order valence-electron chi connectivity index (χ1n) is 8.84. The predicted molar refractivity (Wildman–Crippen MR) is 106 cm³/mol. The number of halogens is 1. The Balaban J connectivity index is 1.41. The van der Waals surface area contributed by atoms with Crippen LogP contribution in [0.15, 0.2) is 56.5 Å². The van der Waals surface area contributed by atoms with Gasteiger partial charge >= 0.3 is 0 Å². The van der Waals surface area contributed by atoms with Crippen molar-refractivity contribution in [2.24, 2.45) is 10.3 Å². The number of carbonyl (C=O) groups is 2. The van der Waals surface area contributed by atoms with Gasteiger partial charge in [0.1, 0.15) is 11.5 Å². The van der Waals surface area contributed by atoms with Crippen LogP contribution in [0.5, 0.6) is 0 Å². The van der Waals surface area contributed by atoms with E-state index in [9.17, 15) is 9.59 Å². The Hall–Kier alpha value is -3.04. The largest absolute Gasteiger partial charge is 0.440 e. The molecule has 2 atom stereocenters. The number of rotatable bonds is 4. The summed E-state index contributed by atoms with van der Waals surface area (Å²) >= 11 is 7.55. The maximum Gasteiger partial charge on any atom is 0.263 e. The van der Waals surface area contributed by atoms with Gasteiger partial charge in [-0.25, -0.2) is 9.88 Å². The number of fused-ring (bicyclic) bond motifs is 1. The maximum atomic E-state index is 13.0. The van der Waals surface area contributed by atoms with Gasteiger partial charge in [-0.3, -0.25) is 14.6 Å². The summed E-state index contributed by atoms with van der Waals surface area (Å²) in [5.74, 6) is 0.363. The molecule has 3 aromatic rings. The van der Waals surface area contributed by atoms with E-state index in [1.54, 1.807) is 24.3 Å². The van der Waals surface area contributed by atoms with Gasteiger partial charge in [0.15, 0.2) is 12.1 Å². The van der Waals surface area contributed by atoms with Crippen LogP contribution in [0.3, 0.4) is 0 Å². The number of thiophene rings is 1. The summed E-state index contributed by atoms with van der Waals surface area (Å²) in [5.41, 5.74) is 1.07. The van der Waals surface area contributed by atoms with Gasteiger partial charge in [0.05, 0.1) is 17.1 Å². The molecule has 10 heteroatoms. The van der Waals surface area contributed by atoms with Crippen molar-refractivity contribution < 1.29 is 14.0 Å². The molecule has 2 amide bonds. The molecular weight excluding hydrogens is 414 g/mol. The molecule has 2 aromatic heterocycles. The molecule has 5 rings (SSSR count). The second-order valence-electron chi connectivity index (χ2n) is 6.68. The van der Waals surface area contributed by atoms with Crippen LogP contribution in [-0.4, -0.2) is 33.9 Å². The molecule has 0 bridgehead atoms. The number of carbonyl (C=O) groups excluding carboxylic acids is 2. The highest BCUT2D eigenvalue weighted by molar-refractivity contribution is 7.13. The number of imide groups is 1. The Morgan fingerprint density at radius 2 is 2.07 bits per heavy atom. The highest BCUT2D eigenvalue weighted by Gasteiger charge is 2.54. The van der Waals surface area contributed by atoms with E-state index >= 15 is 0 Å². The minimum absolute atomic E-state index is 0.216. The molecule has 0 N–H and O–H groups in total. The summed E-state index contributed by atoms with van der Waals surface area (Å²) in [6.45, 7) is 2.03. The van der Waals surface area contributed by atoms with Gasteiger partial charge in [0.2, 0.25) is 5.89 Å². The molecule has 1 fully saturated rings. The first-order chi connectivity index (χ1) is 14.0. The molecule has 0 saturated carbocycles. The number of aryl methyl sites for hydroxylation is 1. The van der Waals surface area contributed by atoms with E-state index in [4.69, 9.17) is 16.0 Å². The normalized spacial score (nSPS) is 20.8. The lowest BCUT2D eigenvalue weighted by Crippen LogP contribution is -2.39. The fourth-order valence-corrected chi connectivity index (χ4v) is 4.29. The summed E-state index contributed by atoms with van der Waals surface area (Å²) < 4.78 is 5.76. The quantitative estimate of drug-likeness (QED) is 0.589. The Bertz CT molecular complexity index is 1140. The minimum atomic E-state index is -0.870. The van der Waals surface area contributed by atoms with Crippen molar-refractivity contribution in [3.8, 4) is 10.8 Å². The smallest absolute Gasteiger partial charge is 0.263 e. The molecule has 2 aliphatic rings. The molecule has 146 valence electrons. The fourth-order valence-electron chi connectivity index (χ4n) is 3.46. The molecule has 0 aliphatic carbocycles. The second kappa shape index (κ2) is 6.78. The van der Waals surface area contributed by atoms with Gasteiger partial charge < -0.3 is 4.42 Å². The van der Waals surface area contributed by atoms with Gasteiger partial charge in [0, 0.05) is 5.02 Å². The zero-order valence-corrected chi connectivity index (χ0v) is 16.7. The van der Waals surface area contributed by atoms with E-state index < -0.39 is 18.0 Å². The second-order valence-corrected chi connectivity index (χ2v) is 8.07. The van der Waals surface area contributed by atoms with Crippen molar-refractivity contribution in [1.29, 1.82) is 0 Å². The number of amides is 2. The Kier molecular flexibility index (Phi) is 4.21. The van der Waals surface area contributed by atoms with E-state index in [0.29, 0.717) is 28.1 Å². The molecule has 29 heavy (non-hydrogen) atoms. The molecule has 0 radical (unpaired) electrons. The molecule has 1 aromatic carbocycles. The summed E-state index contributed by atoms with van der Waals surface area (Å²) in [7, 11) is 0. The van der Waals surface area contributed by atoms with Crippen LogP contribution in [0.2, 0.25) is 5.02 Å². The highest BCUT2D eigenvalue weighted by atomic mass is 35.5. The van der Waals surface area contributed by atoms with Gasteiger partial charge in [-0.2, -0.15) is 5.11 Å². The monoisotopic (exact) mass is 427 g/mol. The lowest BCUT2D eigenvalue weighted by Gasteiger charge is -2.20. The van der Waals surface area contributed by atoms with Crippen LogP contribution in [0.25, 0.3) is 10.8 Å².